The molecule has 0 radical (unpaired) electrons. The van der Waals surface area contributed by atoms with Crippen molar-refractivity contribution in [2.24, 2.45) is 18.1 Å². The second-order valence-corrected chi connectivity index (χ2v) is 9.63. The zero-order chi connectivity index (χ0) is 23.6. The van der Waals surface area contributed by atoms with Crippen LogP contribution in [0.3, 0.4) is 0 Å². The topological polar surface area (TPSA) is 66.2 Å². The van der Waals surface area contributed by atoms with Crippen LogP contribution in [0, 0.1) is 5.92 Å². The minimum Gasteiger partial charge on any atom is -0.377 e. The number of hydrogen-bond donors (Lipinski definition) is 0. The third-order valence-corrected chi connectivity index (χ3v) is 7.58. The zero-order valence-corrected chi connectivity index (χ0v) is 19.3. The Hall–Kier alpha value is -3.01. The molecule has 10 heteroatoms. The number of aromatic nitrogens is 2. The van der Waals surface area contributed by atoms with Crippen molar-refractivity contribution in [1.29, 1.82) is 0 Å². The number of alkyl halides is 2. The smallest absolute Gasteiger partial charge is 0.264 e. The molecule has 1 aromatic carbocycles. The molecule has 2 saturated heterocycles. The number of rotatable bonds is 3. The molecule has 4 aliphatic heterocycles. The van der Waals surface area contributed by atoms with Gasteiger partial charge in [-0.15, -0.1) is 0 Å². The molecule has 2 unspecified atom stereocenters. The van der Waals surface area contributed by atoms with Crippen molar-refractivity contribution in [2.75, 3.05) is 37.7 Å². The number of amidine groups is 1. The van der Waals surface area contributed by atoms with E-state index >= 15 is 0 Å². The fourth-order valence-electron chi connectivity index (χ4n) is 5.73. The number of fused-ring (bicyclic) bond motifs is 2. The molecule has 2 aromatic rings. The van der Waals surface area contributed by atoms with Crippen LogP contribution in [0.1, 0.15) is 30.9 Å². The number of amides is 1. The van der Waals surface area contributed by atoms with Crippen LogP contribution >= 0.6 is 0 Å². The van der Waals surface area contributed by atoms with Crippen LogP contribution in [-0.4, -0.2) is 76.4 Å². The van der Waals surface area contributed by atoms with E-state index in [2.05, 4.69) is 15.0 Å². The summed E-state index contributed by atoms with van der Waals surface area (Å²) < 4.78 is 35.4. The molecule has 0 aliphatic carbocycles. The van der Waals surface area contributed by atoms with Gasteiger partial charge in [-0.25, -0.2) is 8.78 Å². The van der Waals surface area contributed by atoms with E-state index in [1.165, 1.54) is 0 Å². The van der Waals surface area contributed by atoms with Gasteiger partial charge in [0.05, 0.1) is 37.4 Å². The molecule has 6 rings (SSSR count). The minimum atomic E-state index is -2.60. The Labute approximate surface area is 196 Å². The van der Waals surface area contributed by atoms with E-state index in [4.69, 9.17) is 9.84 Å². The molecule has 180 valence electrons. The number of likely N-dealkylation sites (tertiary alicyclic amines) is 1. The molecule has 34 heavy (non-hydrogen) atoms. The van der Waals surface area contributed by atoms with Crippen LogP contribution in [0.2, 0.25) is 0 Å². The van der Waals surface area contributed by atoms with Crippen LogP contribution in [-0.2, 0) is 23.0 Å². The predicted molar refractivity (Wildman–Crippen MR) is 123 cm³/mol. The maximum absolute atomic E-state index is 14.2. The monoisotopic (exact) mass is 470 g/mol. The number of aryl methyl sites for hydroxylation is 1. The van der Waals surface area contributed by atoms with Crippen molar-refractivity contribution in [1.82, 2.24) is 19.7 Å². The molecule has 8 nitrogen and oxygen atoms in total. The van der Waals surface area contributed by atoms with Gasteiger partial charge in [0.1, 0.15) is 5.84 Å². The highest BCUT2D eigenvalue weighted by Crippen LogP contribution is 2.42. The highest BCUT2D eigenvalue weighted by Gasteiger charge is 2.48. The van der Waals surface area contributed by atoms with Crippen molar-refractivity contribution in [3.8, 4) is 11.1 Å². The first kappa shape index (κ1) is 21.5. The van der Waals surface area contributed by atoms with Crippen molar-refractivity contribution >= 4 is 17.4 Å². The first-order valence-corrected chi connectivity index (χ1v) is 11.8. The van der Waals surface area contributed by atoms with Gasteiger partial charge in [-0.2, -0.15) is 10.2 Å². The molecule has 5 heterocycles. The lowest BCUT2D eigenvalue weighted by molar-refractivity contribution is -0.132. The van der Waals surface area contributed by atoms with Crippen molar-refractivity contribution in [3.05, 3.63) is 35.7 Å². The molecule has 1 amide bonds. The van der Waals surface area contributed by atoms with Gasteiger partial charge >= 0.3 is 0 Å². The number of piperidine rings is 1. The summed E-state index contributed by atoms with van der Waals surface area (Å²) in [5, 5.41) is 11.4. The Balaban J connectivity index is 1.39. The normalized spacial score (nSPS) is 24.4. The highest BCUT2D eigenvalue weighted by molar-refractivity contribution is 6.03. The SMILES string of the molecule is CC(=O)N1CCC2C(C1)C(N1CCc3cc(-c4cnn(C)c4)c(C(F)F)cc31)=NN2C1COC1. The van der Waals surface area contributed by atoms with Crippen molar-refractivity contribution in [3.63, 3.8) is 0 Å². The predicted octanol–water partition coefficient (Wildman–Crippen LogP) is 2.65. The summed E-state index contributed by atoms with van der Waals surface area (Å²) in [6.45, 7) is 4.90. The number of halogens is 2. The number of hydrogen-bond acceptors (Lipinski definition) is 6. The van der Waals surface area contributed by atoms with E-state index in [1.807, 2.05) is 11.0 Å². The van der Waals surface area contributed by atoms with E-state index in [9.17, 15) is 13.6 Å². The number of carbonyl (C=O) groups is 1. The maximum atomic E-state index is 14.2. The molecule has 1 aromatic heterocycles. The zero-order valence-electron chi connectivity index (χ0n) is 19.3. The standard InChI is InChI=1S/C24H28F2N6O2/c1-14(33)30-5-4-21-20(11-30)24(28-32(21)17-12-34-13-17)31-6-3-15-7-18(16-9-27-29(2)10-16)19(23(25)26)8-22(15)31/h7-10,17,20-21,23H,3-6,11-13H2,1-2H3. The number of hydrazone groups is 1. The van der Waals surface area contributed by atoms with Crippen LogP contribution in [0.15, 0.2) is 29.6 Å². The average molecular weight is 471 g/mol. The second-order valence-electron chi connectivity index (χ2n) is 9.63. The molecule has 0 saturated carbocycles. The molecule has 0 spiro atoms. The largest absolute Gasteiger partial charge is 0.377 e. The minimum absolute atomic E-state index is 0.00653. The van der Waals surface area contributed by atoms with Crippen LogP contribution in [0.25, 0.3) is 11.1 Å². The average Bonchev–Trinajstić information content (AvgIpc) is 3.48. The summed E-state index contributed by atoms with van der Waals surface area (Å²) in [6, 6.07) is 3.96. The number of nitrogens with zero attached hydrogens (tertiary/aromatic N) is 6. The first-order chi connectivity index (χ1) is 16.4. The summed E-state index contributed by atoms with van der Waals surface area (Å²) in [4.78, 5) is 16.1. The fourth-order valence-corrected chi connectivity index (χ4v) is 5.73. The Morgan fingerprint density at radius 1 is 1.24 bits per heavy atom. The molecular formula is C24H28F2N6O2. The van der Waals surface area contributed by atoms with Gasteiger partial charge in [0, 0.05) is 56.6 Å². The molecule has 4 aliphatic rings. The van der Waals surface area contributed by atoms with Crippen molar-refractivity contribution < 1.29 is 18.3 Å². The van der Waals surface area contributed by atoms with Gasteiger partial charge in [-0.05, 0) is 36.1 Å². The van der Waals surface area contributed by atoms with Crippen LogP contribution in [0.4, 0.5) is 14.5 Å². The van der Waals surface area contributed by atoms with Gasteiger partial charge < -0.3 is 14.5 Å². The quantitative estimate of drug-likeness (QED) is 0.690. The first-order valence-electron chi connectivity index (χ1n) is 11.8. The maximum Gasteiger partial charge on any atom is 0.264 e. The molecule has 2 fully saturated rings. The molecule has 2 atom stereocenters. The summed E-state index contributed by atoms with van der Waals surface area (Å²) in [6.07, 6.45) is 2.39. The van der Waals surface area contributed by atoms with E-state index in [0.717, 1.165) is 29.9 Å². The van der Waals surface area contributed by atoms with Gasteiger partial charge in [0.2, 0.25) is 5.91 Å². The van der Waals surface area contributed by atoms with E-state index in [-0.39, 0.29) is 29.5 Å². The van der Waals surface area contributed by atoms with E-state index in [1.54, 1.807) is 37.1 Å². The molecule has 0 N–H and O–H groups in total. The molecular weight excluding hydrogens is 442 g/mol. The third-order valence-electron chi connectivity index (χ3n) is 7.58. The lowest BCUT2D eigenvalue weighted by Gasteiger charge is -2.42. The number of benzene rings is 1. The third kappa shape index (κ3) is 3.38. The van der Waals surface area contributed by atoms with Gasteiger partial charge in [0.25, 0.3) is 6.43 Å². The van der Waals surface area contributed by atoms with Gasteiger partial charge in [0.15, 0.2) is 0 Å². The number of carbonyl (C=O) groups excluding carboxylic acids is 1. The second kappa shape index (κ2) is 8.04. The van der Waals surface area contributed by atoms with E-state index in [0.29, 0.717) is 44.0 Å². The van der Waals surface area contributed by atoms with Crippen LogP contribution in [0.5, 0.6) is 0 Å². The lowest BCUT2D eigenvalue weighted by Crippen LogP contribution is -2.56. The summed E-state index contributed by atoms with van der Waals surface area (Å²) in [5.41, 5.74) is 3.06. The number of anilines is 1. The Kier molecular flexibility index (Phi) is 5.09. The highest BCUT2D eigenvalue weighted by atomic mass is 19.3. The summed E-state index contributed by atoms with van der Waals surface area (Å²) in [5.74, 6) is 0.999. The summed E-state index contributed by atoms with van der Waals surface area (Å²) >= 11 is 0. The molecule has 0 bridgehead atoms. The fraction of sp³-hybridized carbons (Fsp3) is 0.542. The number of ether oxygens (including phenoxy) is 1. The lowest BCUT2D eigenvalue weighted by atomic mass is 9.90. The van der Waals surface area contributed by atoms with Crippen LogP contribution < -0.4 is 4.90 Å². The summed E-state index contributed by atoms with van der Waals surface area (Å²) in [7, 11) is 1.78. The Bertz CT molecular complexity index is 1160. The van der Waals surface area contributed by atoms with Gasteiger partial charge in [-0.3, -0.25) is 14.5 Å². The van der Waals surface area contributed by atoms with Crippen molar-refractivity contribution in [2.45, 2.75) is 38.3 Å². The van der Waals surface area contributed by atoms with Gasteiger partial charge in [-0.1, -0.05) is 0 Å². The Morgan fingerprint density at radius 2 is 2.06 bits per heavy atom. The van der Waals surface area contributed by atoms with E-state index < -0.39 is 6.43 Å². The Morgan fingerprint density at radius 3 is 2.71 bits per heavy atom.